The number of rotatable bonds is 4. The van der Waals surface area contributed by atoms with Crippen LogP contribution in [-0.2, 0) is 6.54 Å². The molecule has 20 heavy (non-hydrogen) atoms. The Hall–Kier alpha value is -1.39. The lowest BCUT2D eigenvalue weighted by molar-refractivity contribution is 0.733. The summed E-state index contributed by atoms with van der Waals surface area (Å²) in [6.07, 6.45) is 2.56. The number of benzene rings is 1. The highest BCUT2D eigenvalue weighted by molar-refractivity contribution is 7.16. The van der Waals surface area contributed by atoms with Crippen molar-refractivity contribution in [2.75, 3.05) is 18.5 Å². The zero-order valence-electron chi connectivity index (χ0n) is 12.1. The van der Waals surface area contributed by atoms with E-state index in [1.54, 1.807) is 0 Å². The minimum absolute atomic E-state index is 0.618. The molecular formula is C16H21N3S. The molecule has 106 valence electrons. The quantitative estimate of drug-likeness (QED) is 0.932. The Bertz CT molecular complexity index is 564. The van der Waals surface area contributed by atoms with Crippen LogP contribution >= 0.6 is 11.3 Å². The molecule has 0 saturated carbocycles. The molecule has 1 fully saturated rings. The van der Waals surface area contributed by atoms with E-state index in [1.807, 2.05) is 18.4 Å². The first-order valence-electron chi connectivity index (χ1n) is 7.26. The number of nitrogens with one attached hydrogen (secondary N) is 1. The van der Waals surface area contributed by atoms with Crippen LogP contribution in [0, 0.1) is 0 Å². The Balaban J connectivity index is 1.98. The van der Waals surface area contributed by atoms with E-state index >= 15 is 0 Å². The lowest BCUT2D eigenvalue weighted by atomic mass is 10.1. The zero-order chi connectivity index (χ0) is 13.9. The molecule has 4 heteroatoms. The first-order chi connectivity index (χ1) is 9.79. The second kappa shape index (κ2) is 5.94. The molecular weight excluding hydrogens is 266 g/mol. The van der Waals surface area contributed by atoms with Crippen molar-refractivity contribution in [2.45, 2.75) is 32.4 Å². The monoisotopic (exact) mass is 287 g/mol. The molecule has 2 heterocycles. The molecule has 0 spiro atoms. The molecule has 0 radical (unpaired) electrons. The minimum Gasteiger partial charge on any atom is -0.345 e. The molecule has 1 saturated heterocycles. The second-order valence-electron chi connectivity index (χ2n) is 5.35. The van der Waals surface area contributed by atoms with Crippen molar-refractivity contribution < 1.29 is 0 Å². The average Bonchev–Trinajstić information content (AvgIpc) is 3.06. The topological polar surface area (TPSA) is 28.2 Å². The molecule has 0 amide bonds. The fraction of sp³-hybridized carbons (Fsp3) is 0.438. The van der Waals surface area contributed by atoms with Crippen molar-refractivity contribution in [1.29, 1.82) is 0 Å². The molecule has 0 bridgehead atoms. The van der Waals surface area contributed by atoms with Crippen LogP contribution in [0.15, 0.2) is 30.3 Å². The van der Waals surface area contributed by atoms with Gasteiger partial charge in [0.05, 0.1) is 5.69 Å². The van der Waals surface area contributed by atoms with Gasteiger partial charge in [-0.15, -0.1) is 0 Å². The van der Waals surface area contributed by atoms with Crippen LogP contribution in [0.5, 0.6) is 0 Å². The van der Waals surface area contributed by atoms with Crippen molar-refractivity contribution in [3.8, 4) is 11.3 Å². The van der Waals surface area contributed by atoms with Crippen molar-refractivity contribution in [1.82, 2.24) is 10.3 Å². The van der Waals surface area contributed by atoms with Gasteiger partial charge in [-0.05, 0) is 26.8 Å². The van der Waals surface area contributed by atoms with Crippen molar-refractivity contribution >= 4 is 16.5 Å². The smallest absolute Gasteiger partial charge is 0.186 e. The van der Waals surface area contributed by atoms with E-state index in [0.717, 1.165) is 18.8 Å². The molecule has 1 aliphatic rings. The first kappa shape index (κ1) is 13.6. The lowest BCUT2D eigenvalue weighted by Gasteiger charge is -2.19. The van der Waals surface area contributed by atoms with E-state index in [-0.39, 0.29) is 0 Å². The summed E-state index contributed by atoms with van der Waals surface area (Å²) in [5.74, 6) is 0. The highest BCUT2D eigenvalue weighted by atomic mass is 32.1. The summed E-state index contributed by atoms with van der Waals surface area (Å²) in [6, 6.07) is 11.1. The van der Waals surface area contributed by atoms with Gasteiger partial charge in [-0.3, -0.25) is 0 Å². The van der Waals surface area contributed by atoms with Crippen LogP contribution in [-0.4, -0.2) is 24.6 Å². The summed E-state index contributed by atoms with van der Waals surface area (Å²) in [6.45, 7) is 4.32. The molecule has 3 rings (SSSR count). The number of nitrogens with zero attached hydrogens (tertiary/aromatic N) is 2. The average molecular weight is 287 g/mol. The molecule has 1 aliphatic heterocycles. The van der Waals surface area contributed by atoms with Crippen LogP contribution in [0.2, 0.25) is 0 Å². The van der Waals surface area contributed by atoms with Gasteiger partial charge in [-0.25, -0.2) is 4.98 Å². The van der Waals surface area contributed by atoms with Crippen LogP contribution in [0.1, 0.15) is 24.6 Å². The molecule has 0 aliphatic carbocycles. The summed E-state index contributed by atoms with van der Waals surface area (Å²) < 4.78 is 0. The van der Waals surface area contributed by atoms with Gasteiger partial charge in [0.1, 0.15) is 0 Å². The lowest BCUT2D eigenvalue weighted by Crippen LogP contribution is -2.25. The van der Waals surface area contributed by atoms with Gasteiger partial charge < -0.3 is 10.2 Å². The van der Waals surface area contributed by atoms with Crippen molar-refractivity contribution in [2.24, 2.45) is 0 Å². The molecule has 3 nitrogen and oxygen atoms in total. The second-order valence-corrected chi connectivity index (χ2v) is 6.41. The fourth-order valence-corrected chi connectivity index (χ4v) is 4.00. The zero-order valence-corrected chi connectivity index (χ0v) is 12.9. The Kier molecular flexibility index (Phi) is 4.03. The highest BCUT2D eigenvalue weighted by Gasteiger charge is 2.24. The number of thiazole rings is 1. The summed E-state index contributed by atoms with van der Waals surface area (Å²) in [5.41, 5.74) is 2.35. The number of aromatic nitrogens is 1. The molecule has 1 aromatic heterocycles. The number of hydrogen-bond donors (Lipinski definition) is 1. The predicted molar refractivity (Wildman–Crippen MR) is 86.4 cm³/mol. The Morgan fingerprint density at radius 2 is 2.15 bits per heavy atom. The van der Waals surface area contributed by atoms with E-state index in [0.29, 0.717) is 6.04 Å². The van der Waals surface area contributed by atoms with Gasteiger partial charge in [0.15, 0.2) is 5.13 Å². The van der Waals surface area contributed by atoms with Gasteiger partial charge in [0, 0.05) is 29.6 Å². The van der Waals surface area contributed by atoms with Gasteiger partial charge in [-0.2, -0.15) is 0 Å². The van der Waals surface area contributed by atoms with Crippen LogP contribution < -0.4 is 10.2 Å². The Morgan fingerprint density at radius 3 is 2.80 bits per heavy atom. The van der Waals surface area contributed by atoms with Crippen molar-refractivity contribution in [3.05, 3.63) is 35.2 Å². The molecule has 1 unspecified atom stereocenters. The normalized spacial score (nSPS) is 18.7. The number of anilines is 1. The molecule has 2 aromatic rings. The van der Waals surface area contributed by atoms with E-state index < -0.39 is 0 Å². The standard InChI is InChI=1S/C16H21N3S/c1-12-7-6-10-19(12)16-18-15(14(20-16)11-17-2)13-8-4-3-5-9-13/h3-5,8-9,12,17H,6-7,10-11H2,1-2H3. The van der Waals surface area contributed by atoms with Crippen LogP contribution in [0.3, 0.4) is 0 Å². The minimum atomic E-state index is 0.618. The third-order valence-corrected chi connectivity index (χ3v) is 4.96. The Labute approximate surface area is 124 Å². The maximum atomic E-state index is 4.94. The van der Waals surface area contributed by atoms with Gasteiger partial charge in [0.25, 0.3) is 0 Å². The van der Waals surface area contributed by atoms with E-state index in [1.165, 1.54) is 28.4 Å². The summed E-state index contributed by atoms with van der Waals surface area (Å²) in [4.78, 5) is 8.72. The summed E-state index contributed by atoms with van der Waals surface area (Å²) in [7, 11) is 1.99. The van der Waals surface area contributed by atoms with E-state index in [9.17, 15) is 0 Å². The van der Waals surface area contributed by atoms with Gasteiger partial charge >= 0.3 is 0 Å². The largest absolute Gasteiger partial charge is 0.345 e. The van der Waals surface area contributed by atoms with E-state index in [4.69, 9.17) is 4.98 Å². The van der Waals surface area contributed by atoms with Crippen LogP contribution in [0.4, 0.5) is 5.13 Å². The maximum absolute atomic E-state index is 4.94. The first-order valence-corrected chi connectivity index (χ1v) is 8.07. The molecule has 1 atom stereocenters. The fourth-order valence-electron chi connectivity index (χ4n) is 2.78. The van der Waals surface area contributed by atoms with Gasteiger partial charge in [-0.1, -0.05) is 41.7 Å². The SMILES string of the molecule is CNCc1sc(N2CCCC2C)nc1-c1ccccc1. The summed E-state index contributed by atoms with van der Waals surface area (Å²) in [5, 5.41) is 4.44. The summed E-state index contributed by atoms with van der Waals surface area (Å²) >= 11 is 1.83. The van der Waals surface area contributed by atoms with E-state index in [2.05, 4.69) is 47.5 Å². The molecule has 1 aromatic carbocycles. The third kappa shape index (κ3) is 2.58. The molecule has 1 N–H and O–H groups in total. The maximum Gasteiger partial charge on any atom is 0.186 e. The van der Waals surface area contributed by atoms with Gasteiger partial charge in [0.2, 0.25) is 0 Å². The Morgan fingerprint density at radius 1 is 1.35 bits per heavy atom. The predicted octanol–water partition coefficient (Wildman–Crippen LogP) is 3.52. The van der Waals surface area contributed by atoms with Crippen molar-refractivity contribution in [3.63, 3.8) is 0 Å². The third-order valence-electron chi connectivity index (χ3n) is 3.87. The highest BCUT2D eigenvalue weighted by Crippen LogP contribution is 2.36. The van der Waals surface area contributed by atoms with Crippen LogP contribution in [0.25, 0.3) is 11.3 Å². The number of hydrogen-bond acceptors (Lipinski definition) is 4.